The largest absolute Gasteiger partial charge is 0.334 e. The lowest BCUT2D eigenvalue weighted by Crippen LogP contribution is -2.11. The minimum absolute atomic E-state index is 0.00216. The minimum Gasteiger partial charge on any atom is -0.334 e. The first-order valence-electron chi connectivity index (χ1n) is 17.9. The fraction of sp³-hybridized carbons (Fsp3) is 0. The number of nitrogens with two attached hydrogens (primary N) is 3. The van der Waals surface area contributed by atoms with Gasteiger partial charge in [-0.05, 0) is 97.1 Å². The summed E-state index contributed by atoms with van der Waals surface area (Å²) >= 11 is 11.7. The van der Waals surface area contributed by atoms with Crippen molar-refractivity contribution >= 4 is 53.3 Å². The highest BCUT2D eigenvalue weighted by Gasteiger charge is 2.17. The molecule has 6 N–H and O–H groups in total. The Balaban J connectivity index is 0.000000147. The quantitative estimate of drug-likeness (QED) is 0.157. The number of benzene rings is 3. The lowest BCUT2D eigenvalue weighted by atomic mass is 10.2. The second-order valence-electron chi connectivity index (χ2n) is 13.0. The predicted molar refractivity (Wildman–Crippen MR) is 231 cm³/mol. The van der Waals surface area contributed by atoms with E-state index in [1.807, 2.05) is 0 Å². The van der Waals surface area contributed by atoms with Gasteiger partial charge in [-0.3, -0.25) is 0 Å². The SMILES string of the molecule is NS(=O)(=O)c1ccc(-c2noc(-c3cc(Cl)nc(Cl)c3)n2)cc1.NS(=O)(=O)c1ccc(-c2noc(-c3ccnc(F)c3)n2)cc1.NS(=O)(=O)c1ccc(-c2noc(-c3ccnnc3)n2)cc1. The van der Waals surface area contributed by atoms with Crippen LogP contribution in [0.4, 0.5) is 4.39 Å². The van der Waals surface area contributed by atoms with Crippen LogP contribution in [0, 0.1) is 5.95 Å². The van der Waals surface area contributed by atoms with Gasteiger partial charge in [-0.1, -0.05) is 38.7 Å². The van der Waals surface area contributed by atoms with Gasteiger partial charge in [0, 0.05) is 40.1 Å². The summed E-state index contributed by atoms with van der Waals surface area (Å²) in [7, 11) is -11.2. The Morgan fingerprint density at radius 2 is 0.818 bits per heavy atom. The highest BCUT2D eigenvalue weighted by Crippen LogP contribution is 2.28. The van der Waals surface area contributed by atoms with Crippen molar-refractivity contribution in [2.45, 2.75) is 14.7 Å². The molecule has 9 aromatic rings. The monoisotopic (exact) mass is 993 g/mol. The molecule has 28 heteroatoms. The van der Waals surface area contributed by atoms with Crippen LogP contribution < -0.4 is 15.4 Å². The van der Waals surface area contributed by atoms with E-state index in [9.17, 15) is 29.6 Å². The zero-order valence-corrected chi connectivity index (χ0v) is 36.7. The van der Waals surface area contributed by atoms with Gasteiger partial charge in [-0.15, -0.1) is 0 Å². The standard InChI is InChI=1S/C13H8Cl2N4O3S.C13H9FN4O3S.C12H9N5O3S/c14-10-5-8(6-11(15)17-10)13-18-12(19-22-13)7-1-3-9(4-2-7)23(16,20)21;14-11-7-9(5-6-16-11)13-17-12(18-21-13)8-1-3-10(4-2-8)22(15,19)20;13-21(18,19)10-3-1-8(2-4-10)11-16-12(20-17-11)9-5-6-14-15-7-9/h1-6H,(H2,16,20,21);1-7H,(H2,15,19,20);1-7H,(H2,13,18,19). The Hall–Kier alpha value is -7.30. The van der Waals surface area contributed by atoms with Crippen LogP contribution in [0.5, 0.6) is 0 Å². The Morgan fingerprint density at radius 3 is 1.18 bits per heavy atom. The Labute approximate surface area is 381 Å². The van der Waals surface area contributed by atoms with E-state index < -0.39 is 36.0 Å². The van der Waals surface area contributed by atoms with Crippen molar-refractivity contribution < 1.29 is 43.2 Å². The molecule has 0 saturated carbocycles. The van der Waals surface area contributed by atoms with E-state index in [-0.39, 0.29) is 48.4 Å². The van der Waals surface area contributed by atoms with Crippen LogP contribution in [-0.2, 0) is 30.1 Å². The van der Waals surface area contributed by atoms with Crippen LogP contribution in [0.2, 0.25) is 10.3 Å². The normalized spacial score (nSPS) is 11.5. The third-order valence-electron chi connectivity index (χ3n) is 8.42. The zero-order chi connectivity index (χ0) is 47.2. The van der Waals surface area contributed by atoms with Gasteiger partial charge in [0.25, 0.3) is 17.7 Å². The Morgan fingerprint density at radius 1 is 0.439 bits per heavy atom. The minimum atomic E-state index is -3.76. The summed E-state index contributed by atoms with van der Waals surface area (Å²) in [6, 6.07) is 24.8. The highest BCUT2D eigenvalue weighted by molar-refractivity contribution is 7.89. The molecule has 6 heterocycles. The molecule has 0 bridgehead atoms. The molecule has 22 nitrogen and oxygen atoms in total. The molecule has 0 unspecified atom stereocenters. The molecule has 6 aromatic heterocycles. The molecule has 0 atom stereocenters. The van der Waals surface area contributed by atoms with E-state index in [4.69, 9.17) is 52.2 Å². The lowest BCUT2D eigenvalue weighted by molar-refractivity contribution is 0.431. The number of sulfonamides is 3. The average Bonchev–Trinajstić information content (AvgIpc) is 4.09. The lowest BCUT2D eigenvalue weighted by Gasteiger charge is -1.98. The number of hydrogen-bond acceptors (Lipinski definition) is 19. The number of aromatic nitrogens is 10. The summed E-state index contributed by atoms with van der Waals surface area (Å²) in [6.45, 7) is 0. The van der Waals surface area contributed by atoms with E-state index in [1.165, 1.54) is 104 Å². The van der Waals surface area contributed by atoms with Crippen molar-refractivity contribution in [3.8, 4) is 68.5 Å². The van der Waals surface area contributed by atoms with Crippen LogP contribution in [0.25, 0.3) is 68.5 Å². The van der Waals surface area contributed by atoms with Crippen molar-refractivity contribution in [3.63, 3.8) is 0 Å². The van der Waals surface area contributed by atoms with Gasteiger partial charge in [0.1, 0.15) is 10.3 Å². The zero-order valence-electron chi connectivity index (χ0n) is 32.8. The van der Waals surface area contributed by atoms with Gasteiger partial charge in [0.05, 0.1) is 32.6 Å². The van der Waals surface area contributed by atoms with Crippen LogP contribution in [0.1, 0.15) is 0 Å². The van der Waals surface area contributed by atoms with E-state index in [1.54, 1.807) is 18.2 Å². The van der Waals surface area contributed by atoms with E-state index in [0.717, 1.165) is 0 Å². The molecule has 0 aliphatic rings. The third-order valence-corrected chi connectivity index (χ3v) is 11.6. The molecule has 0 amide bonds. The summed E-state index contributed by atoms with van der Waals surface area (Å²) in [5, 5.41) is 34.3. The summed E-state index contributed by atoms with van der Waals surface area (Å²) in [4.78, 5) is 19.8. The summed E-state index contributed by atoms with van der Waals surface area (Å²) in [6.07, 6.45) is 4.30. The second-order valence-corrected chi connectivity index (χ2v) is 18.4. The highest BCUT2D eigenvalue weighted by atomic mass is 35.5. The van der Waals surface area contributed by atoms with Crippen molar-refractivity contribution in [2.75, 3.05) is 0 Å². The molecule has 0 saturated heterocycles. The van der Waals surface area contributed by atoms with Crippen LogP contribution in [-0.4, -0.2) is 75.8 Å². The predicted octanol–water partition coefficient (Wildman–Crippen LogP) is 5.18. The maximum atomic E-state index is 13.1. The number of primary sulfonamides is 3. The van der Waals surface area contributed by atoms with Crippen molar-refractivity contribution in [3.05, 3.63) is 138 Å². The molecule has 9 rings (SSSR count). The van der Waals surface area contributed by atoms with Gasteiger partial charge < -0.3 is 13.6 Å². The Bertz CT molecular complexity index is 3480. The van der Waals surface area contributed by atoms with Gasteiger partial charge in [-0.2, -0.15) is 29.5 Å². The van der Waals surface area contributed by atoms with Gasteiger partial charge in [-0.25, -0.2) is 50.6 Å². The summed E-state index contributed by atoms with van der Waals surface area (Å²) in [5.41, 5.74) is 3.28. The molecular formula is C38H26Cl2FN13O9S3. The maximum absolute atomic E-state index is 13.1. The first kappa shape index (κ1) is 46.7. The first-order chi connectivity index (χ1) is 31.3. The fourth-order valence-corrected chi connectivity index (χ4v) is 7.30. The van der Waals surface area contributed by atoms with Crippen LogP contribution in [0.15, 0.2) is 150 Å². The van der Waals surface area contributed by atoms with Crippen molar-refractivity contribution in [2.24, 2.45) is 15.4 Å². The smallest absolute Gasteiger partial charge is 0.259 e. The van der Waals surface area contributed by atoms with Gasteiger partial charge in [0.2, 0.25) is 53.5 Å². The second kappa shape index (κ2) is 19.4. The van der Waals surface area contributed by atoms with Gasteiger partial charge >= 0.3 is 0 Å². The molecular weight excluding hydrogens is 969 g/mol. The first-order valence-corrected chi connectivity index (χ1v) is 23.3. The van der Waals surface area contributed by atoms with Crippen LogP contribution in [0.3, 0.4) is 0 Å². The number of rotatable bonds is 9. The molecule has 0 aliphatic carbocycles. The third kappa shape index (κ3) is 11.9. The van der Waals surface area contributed by atoms with Gasteiger partial charge in [0.15, 0.2) is 0 Å². The average molecular weight is 995 g/mol. The molecule has 0 radical (unpaired) electrons. The maximum Gasteiger partial charge on any atom is 0.259 e. The fourth-order valence-electron chi connectivity index (χ4n) is 5.30. The number of hydrogen-bond donors (Lipinski definition) is 3. The summed E-state index contributed by atoms with van der Waals surface area (Å²) in [5.74, 6) is 0.847. The van der Waals surface area contributed by atoms with E-state index in [2.05, 4.69) is 50.6 Å². The van der Waals surface area contributed by atoms with E-state index in [0.29, 0.717) is 45.1 Å². The number of halogens is 3. The molecule has 3 aromatic carbocycles. The molecule has 0 aliphatic heterocycles. The van der Waals surface area contributed by atoms with Crippen LogP contribution >= 0.6 is 23.2 Å². The topological polar surface area (TPSA) is 349 Å². The van der Waals surface area contributed by atoms with Crippen molar-refractivity contribution in [1.82, 2.24) is 50.6 Å². The van der Waals surface area contributed by atoms with Crippen molar-refractivity contribution in [1.29, 1.82) is 0 Å². The molecule has 0 spiro atoms. The molecule has 66 heavy (non-hydrogen) atoms. The Kier molecular flexibility index (Phi) is 13.7. The molecule has 0 fully saturated rings. The van der Waals surface area contributed by atoms with E-state index >= 15 is 0 Å². The number of pyridine rings is 2. The molecule has 336 valence electrons. The summed E-state index contributed by atoms with van der Waals surface area (Å²) < 4.78 is 95.6. The number of nitrogens with zero attached hydrogens (tertiary/aromatic N) is 10.